The normalized spacial score (nSPS) is 35.7. The van der Waals surface area contributed by atoms with Crippen LogP contribution in [-0.2, 0) is 9.53 Å². The second-order valence-corrected chi connectivity index (χ2v) is 5.12. The molecule has 1 saturated heterocycles. The van der Waals surface area contributed by atoms with E-state index in [0.29, 0.717) is 0 Å². The van der Waals surface area contributed by atoms with Gasteiger partial charge in [0, 0.05) is 18.7 Å². The minimum absolute atomic E-state index is 0.00638. The van der Waals surface area contributed by atoms with E-state index in [-0.39, 0.29) is 24.1 Å². The second-order valence-electron chi connectivity index (χ2n) is 4.09. The lowest BCUT2D eigenvalue weighted by Crippen LogP contribution is -2.49. The first-order chi connectivity index (χ1) is 7.31. The van der Waals surface area contributed by atoms with Gasteiger partial charge in [0.1, 0.15) is 0 Å². The van der Waals surface area contributed by atoms with Crippen LogP contribution in [0, 0.1) is 0 Å². The Kier molecular flexibility index (Phi) is 3.88. The standard InChI is InChI=1S/C10H18N2O2S/c1-14-9-4-2-3-7(9)12-10(13)8-5-15-6-11-8/h7-9,11H,2-6H2,1H3,(H,12,13). The summed E-state index contributed by atoms with van der Waals surface area (Å²) in [6.45, 7) is 0. The second kappa shape index (κ2) is 5.18. The van der Waals surface area contributed by atoms with Gasteiger partial charge in [0.25, 0.3) is 0 Å². The van der Waals surface area contributed by atoms with E-state index in [1.54, 1.807) is 18.9 Å². The number of hydrogen-bond donors (Lipinski definition) is 2. The van der Waals surface area contributed by atoms with Crippen LogP contribution in [0.4, 0.5) is 0 Å². The summed E-state index contributed by atoms with van der Waals surface area (Å²) in [7, 11) is 1.72. The minimum atomic E-state index is -0.00638. The van der Waals surface area contributed by atoms with Gasteiger partial charge in [0.15, 0.2) is 0 Å². The summed E-state index contributed by atoms with van der Waals surface area (Å²) in [5, 5.41) is 6.26. The van der Waals surface area contributed by atoms with Crippen molar-refractivity contribution < 1.29 is 9.53 Å². The molecule has 1 heterocycles. The molecule has 15 heavy (non-hydrogen) atoms. The molecule has 5 heteroatoms. The Morgan fingerprint density at radius 2 is 2.40 bits per heavy atom. The van der Waals surface area contributed by atoms with Crippen molar-refractivity contribution in [3.8, 4) is 0 Å². The molecule has 86 valence electrons. The van der Waals surface area contributed by atoms with Crippen molar-refractivity contribution in [2.75, 3.05) is 18.7 Å². The first-order valence-corrected chi connectivity index (χ1v) is 6.61. The summed E-state index contributed by atoms with van der Waals surface area (Å²) in [5.41, 5.74) is 0. The lowest BCUT2D eigenvalue weighted by atomic mass is 10.2. The van der Waals surface area contributed by atoms with Crippen LogP contribution < -0.4 is 10.6 Å². The Labute approximate surface area is 94.5 Å². The molecule has 1 amide bonds. The van der Waals surface area contributed by atoms with Gasteiger partial charge < -0.3 is 10.1 Å². The van der Waals surface area contributed by atoms with Crippen LogP contribution in [0.3, 0.4) is 0 Å². The summed E-state index contributed by atoms with van der Waals surface area (Å²) >= 11 is 1.77. The largest absolute Gasteiger partial charge is 0.379 e. The lowest BCUT2D eigenvalue weighted by molar-refractivity contribution is -0.123. The topological polar surface area (TPSA) is 50.4 Å². The first-order valence-electron chi connectivity index (χ1n) is 5.45. The number of hydrogen-bond acceptors (Lipinski definition) is 4. The van der Waals surface area contributed by atoms with Crippen LogP contribution in [-0.4, -0.2) is 42.8 Å². The van der Waals surface area contributed by atoms with Gasteiger partial charge in [0.2, 0.25) is 5.91 Å². The fraction of sp³-hybridized carbons (Fsp3) is 0.900. The van der Waals surface area contributed by atoms with Crippen LogP contribution in [0.2, 0.25) is 0 Å². The van der Waals surface area contributed by atoms with Gasteiger partial charge in [-0.1, -0.05) is 0 Å². The Morgan fingerprint density at radius 1 is 1.53 bits per heavy atom. The molecule has 0 aromatic carbocycles. The van der Waals surface area contributed by atoms with E-state index < -0.39 is 0 Å². The van der Waals surface area contributed by atoms with Gasteiger partial charge in [-0.3, -0.25) is 10.1 Å². The number of methoxy groups -OCH3 is 1. The number of carbonyl (C=O) groups is 1. The molecule has 0 spiro atoms. The highest BCUT2D eigenvalue weighted by Crippen LogP contribution is 2.21. The Morgan fingerprint density at radius 3 is 3.07 bits per heavy atom. The molecule has 1 saturated carbocycles. The Bertz CT molecular complexity index is 231. The third-order valence-corrected chi connectivity index (χ3v) is 4.06. The van der Waals surface area contributed by atoms with Crippen molar-refractivity contribution >= 4 is 17.7 Å². The van der Waals surface area contributed by atoms with E-state index in [1.165, 1.54) is 0 Å². The molecule has 0 aromatic rings. The summed E-state index contributed by atoms with van der Waals surface area (Å²) in [6.07, 6.45) is 3.47. The quantitative estimate of drug-likeness (QED) is 0.734. The average molecular weight is 230 g/mol. The van der Waals surface area contributed by atoms with Crippen LogP contribution in [0.15, 0.2) is 0 Å². The summed E-state index contributed by atoms with van der Waals surface area (Å²) < 4.78 is 5.35. The third-order valence-electron chi connectivity index (χ3n) is 3.12. The maximum atomic E-state index is 11.8. The van der Waals surface area contributed by atoms with E-state index in [4.69, 9.17) is 4.74 Å². The maximum absolute atomic E-state index is 11.8. The molecule has 0 aromatic heterocycles. The first kappa shape index (κ1) is 11.2. The number of ether oxygens (including phenoxy) is 1. The fourth-order valence-electron chi connectivity index (χ4n) is 2.22. The maximum Gasteiger partial charge on any atom is 0.238 e. The molecule has 1 aliphatic carbocycles. The zero-order chi connectivity index (χ0) is 10.7. The number of carbonyl (C=O) groups excluding carboxylic acids is 1. The molecule has 0 bridgehead atoms. The highest BCUT2D eigenvalue weighted by Gasteiger charge is 2.31. The molecule has 2 aliphatic rings. The monoisotopic (exact) mass is 230 g/mol. The van der Waals surface area contributed by atoms with Crippen molar-refractivity contribution in [2.45, 2.75) is 37.5 Å². The van der Waals surface area contributed by atoms with E-state index in [9.17, 15) is 4.79 Å². The molecule has 2 fully saturated rings. The molecule has 2 rings (SSSR count). The zero-order valence-corrected chi connectivity index (χ0v) is 9.81. The van der Waals surface area contributed by atoms with Gasteiger partial charge in [-0.25, -0.2) is 0 Å². The summed E-state index contributed by atoms with van der Waals surface area (Å²) in [5.74, 6) is 1.90. The molecular formula is C10H18N2O2S. The van der Waals surface area contributed by atoms with E-state index in [0.717, 1.165) is 30.9 Å². The zero-order valence-electron chi connectivity index (χ0n) is 8.99. The van der Waals surface area contributed by atoms with Crippen molar-refractivity contribution in [2.24, 2.45) is 0 Å². The number of amides is 1. The smallest absolute Gasteiger partial charge is 0.238 e. The van der Waals surface area contributed by atoms with Crippen LogP contribution >= 0.6 is 11.8 Å². The van der Waals surface area contributed by atoms with Gasteiger partial charge in [0.05, 0.1) is 18.2 Å². The highest BCUT2D eigenvalue weighted by molar-refractivity contribution is 7.99. The van der Waals surface area contributed by atoms with Gasteiger partial charge in [-0.2, -0.15) is 0 Å². The molecule has 4 nitrogen and oxygen atoms in total. The SMILES string of the molecule is COC1CCCC1NC(=O)C1CSCN1. The van der Waals surface area contributed by atoms with Gasteiger partial charge >= 0.3 is 0 Å². The van der Waals surface area contributed by atoms with Crippen LogP contribution in [0.25, 0.3) is 0 Å². The van der Waals surface area contributed by atoms with Gasteiger partial charge in [-0.15, -0.1) is 11.8 Å². The van der Waals surface area contributed by atoms with Crippen LogP contribution in [0.1, 0.15) is 19.3 Å². The molecule has 2 N–H and O–H groups in total. The molecule has 1 aliphatic heterocycles. The fourth-order valence-corrected chi connectivity index (χ4v) is 3.16. The lowest BCUT2D eigenvalue weighted by Gasteiger charge is -2.21. The van der Waals surface area contributed by atoms with E-state index in [2.05, 4.69) is 10.6 Å². The van der Waals surface area contributed by atoms with Crippen molar-refractivity contribution in [1.82, 2.24) is 10.6 Å². The van der Waals surface area contributed by atoms with Crippen molar-refractivity contribution in [3.63, 3.8) is 0 Å². The summed E-state index contributed by atoms with van der Waals surface area (Å²) in [6, 6.07) is 0.211. The average Bonchev–Trinajstić information content (AvgIpc) is 2.87. The molecule has 3 atom stereocenters. The summed E-state index contributed by atoms with van der Waals surface area (Å²) in [4.78, 5) is 11.8. The Balaban J connectivity index is 1.82. The van der Waals surface area contributed by atoms with Crippen molar-refractivity contribution in [3.05, 3.63) is 0 Å². The number of nitrogens with one attached hydrogen (secondary N) is 2. The van der Waals surface area contributed by atoms with E-state index in [1.807, 2.05) is 0 Å². The van der Waals surface area contributed by atoms with Crippen LogP contribution in [0.5, 0.6) is 0 Å². The molecule has 3 unspecified atom stereocenters. The third kappa shape index (κ3) is 2.65. The molecule has 0 radical (unpaired) electrons. The number of rotatable bonds is 3. The van der Waals surface area contributed by atoms with Crippen molar-refractivity contribution in [1.29, 1.82) is 0 Å². The predicted octanol–water partition coefficient (Wildman–Crippen LogP) is 0.333. The predicted molar refractivity (Wildman–Crippen MR) is 60.8 cm³/mol. The Hall–Kier alpha value is -0.260. The van der Waals surface area contributed by atoms with Gasteiger partial charge in [-0.05, 0) is 19.3 Å². The highest BCUT2D eigenvalue weighted by atomic mass is 32.2. The molecular weight excluding hydrogens is 212 g/mol. The van der Waals surface area contributed by atoms with E-state index >= 15 is 0 Å². The number of thioether (sulfide) groups is 1. The minimum Gasteiger partial charge on any atom is -0.379 e.